The van der Waals surface area contributed by atoms with E-state index in [-0.39, 0.29) is 0 Å². The highest BCUT2D eigenvalue weighted by Gasteiger charge is 2.25. The minimum atomic E-state index is -0.994. The van der Waals surface area contributed by atoms with Crippen LogP contribution in [-0.2, 0) is 14.3 Å². The van der Waals surface area contributed by atoms with E-state index in [1.165, 1.54) is 23.1 Å². The largest absolute Gasteiger partial charge is 0.457 e. The second-order valence-electron chi connectivity index (χ2n) is 5.54. The van der Waals surface area contributed by atoms with Crippen LogP contribution in [0.1, 0.15) is 29.1 Å². The molecule has 1 aromatic heterocycles. The van der Waals surface area contributed by atoms with Gasteiger partial charge < -0.3 is 4.74 Å². The minimum Gasteiger partial charge on any atom is -0.457 e. The third-order valence-corrected chi connectivity index (χ3v) is 5.48. The summed E-state index contributed by atoms with van der Waals surface area (Å²) in [7, 11) is 0. The number of aromatic nitrogens is 1. The van der Waals surface area contributed by atoms with Gasteiger partial charge in [0, 0.05) is 16.0 Å². The van der Waals surface area contributed by atoms with Crippen LogP contribution in [-0.4, -0.2) is 28.6 Å². The smallest absolute Gasteiger partial charge is 0.319 e. The van der Waals surface area contributed by atoms with Gasteiger partial charge in [0.2, 0.25) is 0 Å². The van der Waals surface area contributed by atoms with Crippen LogP contribution in [0.3, 0.4) is 0 Å². The second kappa shape index (κ2) is 8.79. The third-order valence-electron chi connectivity index (χ3n) is 3.36. The Hall–Kier alpha value is -2.17. The predicted octanol–water partition coefficient (Wildman–Crippen LogP) is 3.66. The minimum absolute atomic E-state index is 0.422. The van der Waals surface area contributed by atoms with Gasteiger partial charge in [-0.1, -0.05) is 17.7 Å². The van der Waals surface area contributed by atoms with Crippen molar-refractivity contribution in [1.82, 2.24) is 4.98 Å². The number of thiazole rings is 1. The number of thioether (sulfide) groups is 1. The summed E-state index contributed by atoms with van der Waals surface area (Å²) in [5, 5.41) is 11.0. The van der Waals surface area contributed by atoms with E-state index in [1.54, 1.807) is 19.2 Å². The van der Waals surface area contributed by atoms with Gasteiger partial charge in [-0.2, -0.15) is 5.26 Å². The van der Waals surface area contributed by atoms with Crippen molar-refractivity contribution >= 4 is 34.9 Å². The molecule has 2 rings (SSSR count). The number of ether oxygens (including phenoxy) is 1. The summed E-state index contributed by atoms with van der Waals surface area (Å²) in [5.41, 5.74) is 1.90. The first-order valence-electron chi connectivity index (χ1n) is 7.65. The zero-order valence-electron chi connectivity index (χ0n) is 14.2. The highest BCUT2D eigenvalue weighted by Crippen LogP contribution is 2.25. The summed E-state index contributed by atoms with van der Waals surface area (Å²) in [6.45, 7) is 5.09. The Labute approximate surface area is 155 Å². The fraction of sp³-hybridized carbons (Fsp3) is 0.333. The number of hydrogen-bond acceptors (Lipinski definition) is 7. The molecule has 0 radical (unpaired) electrons. The average molecular weight is 374 g/mol. The van der Waals surface area contributed by atoms with Crippen molar-refractivity contribution in [3.8, 4) is 6.07 Å². The highest BCUT2D eigenvalue weighted by atomic mass is 32.2. The number of Topliss-reactive ketones (excluding diaryl/α,β-unsaturated/α-hetero) is 1. The van der Waals surface area contributed by atoms with Gasteiger partial charge in [0.25, 0.3) is 0 Å². The number of nitrogens with zero attached hydrogens (tertiary/aromatic N) is 2. The molecule has 130 valence electrons. The van der Waals surface area contributed by atoms with Crippen molar-refractivity contribution in [2.75, 3.05) is 6.61 Å². The number of aryl methyl sites for hydroxylation is 2. The lowest BCUT2D eigenvalue weighted by atomic mass is 10.1. The van der Waals surface area contributed by atoms with Gasteiger partial charge in [0.15, 0.2) is 18.3 Å². The van der Waals surface area contributed by atoms with Crippen LogP contribution < -0.4 is 0 Å². The summed E-state index contributed by atoms with van der Waals surface area (Å²) in [6, 6.07) is 9.74. The van der Waals surface area contributed by atoms with Crippen molar-refractivity contribution in [1.29, 1.82) is 5.26 Å². The van der Waals surface area contributed by atoms with Gasteiger partial charge >= 0.3 is 5.97 Å². The fourth-order valence-electron chi connectivity index (χ4n) is 1.98. The Kier molecular flexibility index (Phi) is 6.73. The Morgan fingerprint density at radius 3 is 2.56 bits per heavy atom. The quantitative estimate of drug-likeness (QED) is 0.543. The van der Waals surface area contributed by atoms with Crippen molar-refractivity contribution < 1.29 is 14.3 Å². The van der Waals surface area contributed by atoms with E-state index in [2.05, 4.69) is 4.98 Å². The molecular weight excluding hydrogens is 356 g/mol. The molecule has 0 aliphatic rings. The van der Waals surface area contributed by atoms with Crippen LogP contribution in [0.25, 0.3) is 0 Å². The molecule has 0 N–H and O–H groups in total. The molecule has 0 spiro atoms. The molecule has 0 amide bonds. The molecule has 0 saturated carbocycles. The third kappa shape index (κ3) is 5.41. The normalized spacial score (nSPS) is 12.9. The first-order valence-corrected chi connectivity index (χ1v) is 9.41. The van der Waals surface area contributed by atoms with Gasteiger partial charge in [-0.15, -0.1) is 23.1 Å². The Morgan fingerprint density at radius 2 is 2.00 bits per heavy atom. The van der Waals surface area contributed by atoms with Crippen molar-refractivity contribution in [2.24, 2.45) is 0 Å². The van der Waals surface area contributed by atoms with Crippen LogP contribution in [0, 0.1) is 25.2 Å². The van der Waals surface area contributed by atoms with E-state index in [1.807, 2.05) is 37.3 Å². The fourth-order valence-corrected chi connectivity index (χ4v) is 3.71. The van der Waals surface area contributed by atoms with Crippen LogP contribution in [0.15, 0.2) is 34.5 Å². The lowest BCUT2D eigenvalue weighted by Crippen LogP contribution is -2.24. The van der Waals surface area contributed by atoms with Crippen molar-refractivity contribution in [3.63, 3.8) is 0 Å². The summed E-state index contributed by atoms with van der Waals surface area (Å²) >= 11 is 2.62. The topological polar surface area (TPSA) is 80.0 Å². The number of benzene rings is 1. The number of carbonyl (C=O) groups is 2. The number of ketones is 1. The Bertz CT molecular complexity index is 793. The second-order valence-corrected chi connectivity index (χ2v) is 7.84. The van der Waals surface area contributed by atoms with Crippen molar-refractivity contribution in [2.45, 2.75) is 36.8 Å². The zero-order valence-corrected chi connectivity index (χ0v) is 15.8. The average Bonchev–Trinajstić information content (AvgIpc) is 3.01. The van der Waals surface area contributed by atoms with Gasteiger partial charge in [0.05, 0.1) is 6.07 Å². The summed E-state index contributed by atoms with van der Waals surface area (Å²) in [4.78, 5) is 29.4. The molecule has 7 heteroatoms. The van der Waals surface area contributed by atoms with E-state index in [9.17, 15) is 14.9 Å². The monoisotopic (exact) mass is 374 g/mol. The van der Waals surface area contributed by atoms with Crippen LogP contribution in [0.2, 0.25) is 0 Å². The van der Waals surface area contributed by atoms with E-state index in [0.29, 0.717) is 5.01 Å². The summed E-state index contributed by atoms with van der Waals surface area (Å²) in [5.74, 6) is -1.93. The number of carbonyl (C=O) groups excluding carboxylic acids is 2. The van der Waals surface area contributed by atoms with Crippen LogP contribution >= 0.6 is 23.1 Å². The molecule has 0 aliphatic carbocycles. The van der Waals surface area contributed by atoms with Gasteiger partial charge in [-0.3, -0.25) is 9.59 Å². The molecule has 0 aliphatic heterocycles. The van der Waals surface area contributed by atoms with E-state index in [4.69, 9.17) is 4.74 Å². The summed E-state index contributed by atoms with van der Waals surface area (Å²) < 4.78 is 5.09. The number of esters is 1. The maximum atomic E-state index is 12.2. The van der Waals surface area contributed by atoms with E-state index in [0.717, 1.165) is 16.2 Å². The highest BCUT2D eigenvalue weighted by molar-refractivity contribution is 8.00. The maximum Gasteiger partial charge on any atom is 0.319 e. The first kappa shape index (κ1) is 19.2. The van der Waals surface area contributed by atoms with E-state index < -0.39 is 29.5 Å². The molecule has 2 atom stereocenters. The lowest BCUT2D eigenvalue weighted by molar-refractivity contribution is -0.147. The summed E-state index contributed by atoms with van der Waals surface area (Å²) in [6.07, 6.45) is 0. The molecule has 2 aromatic rings. The standard InChI is InChI=1S/C18H18N2O3S2/c1-11-4-6-14(7-5-11)25-13(3)18(22)23-9-16(21)15(8-19)17-20-12(2)10-24-17/h4-7,10,13,15H,9H2,1-3H3/t13-,15-/m1/s1. The van der Waals surface area contributed by atoms with Crippen LogP contribution in [0.5, 0.6) is 0 Å². The van der Waals surface area contributed by atoms with Gasteiger partial charge in [0.1, 0.15) is 10.3 Å². The molecule has 0 unspecified atom stereocenters. The lowest BCUT2D eigenvalue weighted by Gasteiger charge is -2.12. The molecule has 25 heavy (non-hydrogen) atoms. The first-order chi connectivity index (χ1) is 11.9. The number of nitriles is 1. The molecule has 0 saturated heterocycles. The number of hydrogen-bond donors (Lipinski definition) is 0. The molecule has 0 fully saturated rings. The van der Waals surface area contributed by atoms with Gasteiger partial charge in [-0.05, 0) is 32.9 Å². The molecule has 5 nitrogen and oxygen atoms in total. The van der Waals surface area contributed by atoms with Crippen LogP contribution in [0.4, 0.5) is 0 Å². The Balaban J connectivity index is 1.88. The van der Waals surface area contributed by atoms with Gasteiger partial charge in [-0.25, -0.2) is 4.98 Å². The zero-order chi connectivity index (χ0) is 18.4. The Morgan fingerprint density at radius 1 is 1.32 bits per heavy atom. The molecule has 1 heterocycles. The molecule has 1 aromatic carbocycles. The SMILES string of the molecule is Cc1ccc(S[C@H](C)C(=O)OCC(=O)[C@@H](C#N)c2nc(C)cs2)cc1. The predicted molar refractivity (Wildman–Crippen MR) is 97.7 cm³/mol. The molecule has 0 bridgehead atoms. The van der Waals surface area contributed by atoms with Crippen molar-refractivity contribution in [3.05, 3.63) is 45.9 Å². The maximum absolute atomic E-state index is 12.2. The number of rotatable bonds is 7. The van der Waals surface area contributed by atoms with E-state index >= 15 is 0 Å². The molecular formula is C18H18N2O3S2.